The molecule has 8 aromatic rings. The van der Waals surface area contributed by atoms with E-state index in [1.807, 2.05) is 36.4 Å². The first-order valence-electron chi connectivity index (χ1n) is 15.9. The molecular formula is C43H29N3O. The smallest absolute Gasteiger partial charge is 0.159 e. The van der Waals surface area contributed by atoms with Crippen LogP contribution in [0.15, 0.2) is 178 Å². The second kappa shape index (κ2) is 11.3. The average Bonchev–Trinajstić information content (AvgIpc) is 3.55. The highest BCUT2D eigenvalue weighted by Crippen LogP contribution is 2.43. The van der Waals surface area contributed by atoms with E-state index in [0.29, 0.717) is 5.84 Å². The van der Waals surface area contributed by atoms with Crippen LogP contribution >= 0.6 is 0 Å². The summed E-state index contributed by atoms with van der Waals surface area (Å²) in [4.78, 5) is 10.0. The van der Waals surface area contributed by atoms with Gasteiger partial charge >= 0.3 is 0 Å². The van der Waals surface area contributed by atoms with Crippen molar-refractivity contribution in [3.05, 3.63) is 180 Å². The van der Waals surface area contributed by atoms with Gasteiger partial charge in [-0.1, -0.05) is 152 Å². The minimum atomic E-state index is -0.238. The molecule has 47 heavy (non-hydrogen) atoms. The van der Waals surface area contributed by atoms with Crippen molar-refractivity contribution in [1.29, 1.82) is 0 Å². The highest BCUT2D eigenvalue weighted by molar-refractivity contribution is 6.22. The summed E-state index contributed by atoms with van der Waals surface area (Å²) in [5.74, 6) is 1.51. The lowest BCUT2D eigenvalue weighted by atomic mass is 9.93. The number of furan rings is 1. The van der Waals surface area contributed by atoms with E-state index in [0.717, 1.165) is 61.0 Å². The minimum absolute atomic E-state index is 0.238. The van der Waals surface area contributed by atoms with Gasteiger partial charge in [0.1, 0.15) is 23.2 Å². The van der Waals surface area contributed by atoms with Crippen molar-refractivity contribution in [3.63, 3.8) is 0 Å². The molecule has 1 atom stereocenters. The van der Waals surface area contributed by atoms with Gasteiger partial charge in [-0.25, -0.2) is 9.98 Å². The molecule has 0 aliphatic carbocycles. The predicted octanol–water partition coefficient (Wildman–Crippen LogP) is 10.6. The SMILES string of the molecule is c1ccc(C2=NC(c3ccc(-c4cccc5oc6c7ccccc7c(-c7ccccc7)cc6c45)cc3)=NC(c3ccccc3)N2)cc1. The van der Waals surface area contributed by atoms with Crippen LogP contribution < -0.4 is 5.32 Å². The van der Waals surface area contributed by atoms with Crippen LogP contribution in [0.25, 0.3) is 55.0 Å². The molecule has 0 bridgehead atoms. The van der Waals surface area contributed by atoms with E-state index in [1.165, 1.54) is 16.5 Å². The number of fused-ring (bicyclic) bond motifs is 5. The molecule has 7 aromatic carbocycles. The molecule has 1 N–H and O–H groups in total. The van der Waals surface area contributed by atoms with Crippen LogP contribution in [0.3, 0.4) is 0 Å². The van der Waals surface area contributed by atoms with Crippen molar-refractivity contribution < 1.29 is 4.42 Å². The number of hydrogen-bond donors (Lipinski definition) is 1. The highest BCUT2D eigenvalue weighted by atomic mass is 16.3. The average molecular weight is 604 g/mol. The Balaban J connectivity index is 1.17. The van der Waals surface area contributed by atoms with E-state index in [-0.39, 0.29) is 6.17 Å². The molecule has 1 unspecified atom stereocenters. The molecule has 2 heterocycles. The Hall–Kier alpha value is -6.26. The molecule has 0 radical (unpaired) electrons. The van der Waals surface area contributed by atoms with Gasteiger partial charge in [-0.15, -0.1) is 0 Å². The van der Waals surface area contributed by atoms with Crippen LogP contribution in [0, 0.1) is 0 Å². The second-order valence-electron chi connectivity index (χ2n) is 11.8. The number of benzene rings is 7. The normalized spacial score (nSPS) is 14.6. The third kappa shape index (κ3) is 4.79. The molecule has 4 nitrogen and oxygen atoms in total. The first kappa shape index (κ1) is 27.1. The van der Waals surface area contributed by atoms with E-state index < -0.39 is 0 Å². The molecule has 0 saturated heterocycles. The van der Waals surface area contributed by atoms with Gasteiger partial charge in [-0.3, -0.25) is 0 Å². The van der Waals surface area contributed by atoms with Gasteiger partial charge < -0.3 is 9.73 Å². The molecule has 0 fully saturated rings. The summed E-state index contributed by atoms with van der Waals surface area (Å²) in [7, 11) is 0. The maximum absolute atomic E-state index is 6.60. The molecule has 4 heteroatoms. The topological polar surface area (TPSA) is 49.9 Å². The van der Waals surface area contributed by atoms with E-state index in [2.05, 4.69) is 133 Å². The number of hydrogen-bond acceptors (Lipinski definition) is 4. The fraction of sp³-hybridized carbons (Fsp3) is 0.0233. The maximum Gasteiger partial charge on any atom is 0.159 e. The summed E-state index contributed by atoms with van der Waals surface area (Å²) in [6.07, 6.45) is -0.238. The summed E-state index contributed by atoms with van der Waals surface area (Å²) in [6.45, 7) is 0. The van der Waals surface area contributed by atoms with Crippen LogP contribution in [-0.4, -0.2) is 11.7 Å². The Bertz CT molecular complexity index is 2460. The van der Waals surface area contributed by atoms with E-state index in [9.17, 15) is 0 Å². The molecule has 0 spiro atoms. The zero-order valence-electron chi connectivity index (χ0n) is 25.5. The number of rotatable bonds is 5. The molecule has 1 aliphatic heterocycles. The van der Waals surface area contributed by atoms with Crippen LogP contribution in [-0.2, 0) is 0 Å². The molecular weight excluding hydrogens is 574 g/mol. The lowest BCUT2D eigenvalue weighted by molar-refractivity contribution is 0.672. The number of nitrogens with zero attached hydrogens (tertiary/aromatic N) is 2. The van der Waals surface area contributed by atoms with Crippen LogP contribution in [0.4, 0.5) is 0 Å². The zero-order chi connectivity index (χ0) is 31.2. The van der Waals surface area contributed by atoms with Gasteiger partial charge in [-0.2, -0.15) is 0 Å². The van der Waals surface area contributed by atoms with Gasteiger partial charge in [0, 0.05) is 27.3 Å². The number of amidine groups is 2. The van der Waals surface area contributed by atoms with Crippen LogP contribution in [0.5, 0.6) is 0 Å². The highest BCUT2D eigenvalue weighted by Gasteiger charge is 2.22. The summed E-state index contributed by atoms with van der Waals surface area (Å²) in [5, 5.41) is 8.07. The maximum atomic E-state index is 6.60. The predicted molar refractivity (Wildman–Crippen MR) is 194 cm³/mol. The molecule has 0 amide bonds. The van der Waals surface area contributed by atoms with Crippen molar-refractivity contribution in [1.82, 2.24) is 5.32 Å². The summed E-state index contributed by atoms with van der Waals surface area (Å²) < 4.78 is 6.60. The van der Waals surface area contributed by atoms with Crippen molar-refractivity contribution in [2.45, 2.75) is 6.17 Å². The van der Waals surface area contributed by atoms with Crippen LogP contribution in [0.1, 0.15) is 22.9 Å². The quantitative estimate of drug-likeness (QED) is 0.213. The lowest BCUT2D eigenvalue weighted by Crippen LogP contribution is -2.33. The Labute approximate surface area is 272 Å². The second-order valence-corrected chi connectivity index (χ2v) is 11.8. The first-order valence-corrected chi connectivity index (χ1v) is 15.9. The fourth-order valence-corrected chi connectivity index (χ4v) is 6.67. The molecule has 1 aromatic heterocycles. The van der Waals surface area contributed by atoms with E-state index in [1.54, 1.807) is 0 Å². The molecule has 1 aliphatic rings. The van der Waals surface area contributed by atoms with Crippen LogP contribution in [0.2, 0.25) is 0 Å². The number of aliphatic imine (C=N–C) groups is 2. The first-order chi connectivity index (χ1) is 23.3. The van der Waals surface area contributed by atoms with E-state index in [4.69, 9.17) is 14.4 Å². The van der Waals surface area contributed by atoms with Crippen molar-refractivity contribution in [3.8, 4) is 22.3 Å². The Kier molecular flexibility index (Phi) is 6.50. The Morgan fingerprint density at radius 1 is 0.489 bits per heavy atom. The summed E-state index contributed by atoms with van der Waals surface area (Å²) in [5.41, 5.74) is 9.50. The van der Waals surface area contributed by atoms with Crippen molar-refractivity contribution in [2.24, 2.45) is 9.98 Å². The summed E-state index contributed by atoms with van der Waals surface area (Å²) >= 11 is 0. The monoisotopic (exact) mass is 603 g/mol. The zero-order valence-corrected chi connectivity index (χ0v) is 25.5. The van der Waals surface area contributed by atoms with Crippen molar-refractivity contribution in [2.75, 3.05) is 0 Å². The van der Waals surface area contributed by atoms with Gasteiger partial charge in [0.25, 0.3) is 0 Å². The Morgan fingerprint density at radius 2 is 1.11 bits per heavy atom. The Morgan fingerprint density at radius 3 is 1.85 bits per heavy atom. The van der Waals surface area contributed by atoms with Gasteiger partial charge in [0.15, 0.2) is 5.84 Å². The standard InChI is InChI=1S/C43H29N3O/c1-4-13-28(14-5-1)36-27-37-39-33(21-12-22-38(39)47-40(37)35-20-11-10-19-34(35)36)29-23-25-32(26-24-29)43-45-41(30-15-6-2-7-16-30)44-42(46-43)31-17-8-3-9-18-31/h1-27,41H,(H,44,45,46). The molecule has 0 saturated carbocycles. The molecule has 9 rings (SSSR count). The summed E-state index contributed by atoms with van der Waals surface area (Å²) in [6, 6.07) is 56.8. The fourth-order valence-electron chi connectivity index (χ4n) is 6.67. The molecule has 222 valence electrons. The van der Waals surface area contributed by atoms with E-state index >= 15 is 0 Å². The lowest BCUT2D eigenvalue weighted by Gasteiger charge is -2.23. The number of nitrogens with one attached hydrogen (secondary N) is 1. The van der Waals surface area contributed by atoms with Gasteiger partial charge in [0.2, 0.25) is 0 Å². The van der Waals surface area contributed by atoms with Crippen molar-refractivity contribution >= 4 is 44.4 Å². The minimum Gasteiger partial charge on any atom is -0.455 e. The third-order valence-electron chi connectivity index (χ3n) is 8.95. The van der Waals surface area contributed by atoms with Gasteiger partial charge in [-0.05, 0) is 45.3 Å². The van der Waals surface area contributed by atoms with Gasteiger partial charge in [0.05, 0.1) is 0 Å². The largest absolute Gasteiger partial charge is 0.455 e. The third-order valence-corrected chi connectivity index (χ3v) is 8.95.